The van der Waals surface area contributed by atoms with Gasteiger partial charge in [0, 0.05) is 10.3 Å². The largest absolute Gasteiger partial charge is 0.330 e. The van der Waals surface area contributed by atoms with Crippen molar-refractivity contribution in [1.29, 1.82) is 0 Å². The molecule has 1 atom stereocenters. The maximum absolute atomic E-state index is 5.59. The summed E-state index contributed by atoms with van der Waals surface area (Å²) in [5.41, 5.74) is 6.94. The van der Waals surface area contributed by atoms with Gasteiger partial charge in [-0.15, -0.1) is 11.3 Å². The average molecular weight is 226 g/mol. The third-order valence-corrected chi connectivity index (χ3v) is 4.34. The van der Waals surface area contributed by atoms with Crippen molar-refractivity contribution in [3.63, 3.8) is 0 Å². The highest BCUT2D eigenvalue weighted by molar-refractivity contribution is 7.12. The fraction of sp³-hybridized carbons (Fsp3) is 0.750. The number of thiazole rings is 1. The van der Waals surface area contributed by atoms with Gasteiger partial charge in [0.15, 0.2) is 0 Å². The topological polar surface area (TPSA) is 38.9 Å². The van der Waals surface area contributed by atoms with E-state index in [-0.39, 0.29) is 5.41 Å². The molecule has 1 heterocycles. The van der Waals surface area contributed by atoms with Crippen LogP contribution >= 0.6 is 11.3 Å². The quantitative estimate of drug-likeness (QED) is 0.859. The lowest BCUT2D eigenvalue weighted by molar-refractivity contribution is 0.584. The minimum absolute atomic E-state index is 0.163. The van der Waals surface area contributed by atoms with E-state index in [1.54, 1.807) is 0 Å². The van der Waals surface area contributed by atoms with Crippen molar-refractivity contribution >= 4 is 11.3 Å². The molecule has 2 nitrogen and oxygen atoms in total. The molecule has 0 fully saturated rings. The summed E-state index contributed by atoms with van der Waals surface area (Å²) in [7, 11) is 0. The number of aryl methyl sites for hydroxylation is 1. The van der Waals surface area contributed by atoms with Crippen LogP contribution in [0.2, 0.25) is 0 Å². The highest BCUT2D eigenvalue weighted by atomic mass is 32.1. The predicted molar refractivity (Wildman–Crippen MR) is 67.6 cm³/mol. The second-order valence-electron chi connectivity index (χ2n) is 5.20. The summed E-state index contributed by atoms with van der Waals surface area (Å²) in [6.07, 6.45) is 1.05. The Morgan fingerprint density at radius 2 is 2.00 bits per heavy atom. The molecule has 1 unspecified atom stereocenters. The molecule has 0 saturated carbocycles. The van der Waals surface area contributed by atoms with Crippen molar-refractivity contribution < 1.29 is 0 Å². The van der Waals surface area contributed by atoms with Crippen LogP contribution in [0.25, 0.3) is 0 Å². The molecule has 0 aromatic carbocycles. The van der Waals surface area contributed by atoms with Crippen LogP contribution in [0, 0.1) is 6.92 Å². The molecule has 0 spiro atoms. The van der Waals surface area contributed by atoms with Gasteiger partial charge >= 0.3 is 0 Å². The zero-order chi connectivity index (χ0) is 11.6. The van der Waals surface area contributed by atoms with E-state index in [1.165, 1.54) is 15.6 Å². The van der Waals surface area contributed by atoms with Gasteiger partial charge < -0.3 is 5.73 Å². The number of rotatable bonds is 3. The van der Waals surface area contributed by atoms with Crippen LogP contribution in [0.4, 0.5) is 0 Å². The maximum Gasteiger partial charge on any atom is 0.0984 e. The van der Waals surface area contributed by atoms with Crippen molar-refractivity contribution in [2.45, 2.75) is 52.4 Å². The molecule has 2 N–H and O–H groups in total. The molecule has 0 amide bonds. The van der Waals surface area contributed by atoms with Gasteiger partial charge in [0.25, 0.3) is 0 Å². The standard InChI is InChI=1S/C12H22N2S/c1-8(6-7-13)10-9(2)14-11(15-10)12(3,4)5/h8H,6-7,13H2,1-5H3. The molecule has 1 rings (SSSR count). The molecule has 1 aromatic heterocycles. The Morgan fingerprint density at radius 3 is 2.40 bits per heavy atom. The monoisotopic (exact) mass is 226 g/mol. The Bertz CT molecular complexity index is 323. The van der Waals surface area contributed by atoms with E-state index in [4.69, 9.17) is 5.73 Å². The summed E-state index contributed by atoms with van der Waals surface area (Å²) in [5, 5.41) is 1.24. The summed E-state index contributed by atoms with van der Waals surface area (Å²) in [4.78, 5) is 6.07. The lowest BCUT2D eigenvalue weighted by Crippen LogP contribution is -2.10. The molecule has 0 bridgehead atoms. The highest BCUT2D eigenvalue weighted by Crippen LogP contribution is 2.34. The van der Waals surface area contributed by atoms with E-state index in [0.717, 1.165) is 13.0 Å². The molecule has 15 heavy (non-hydrogen) atoms. The minimum Gasteiger partial charge on any atom is -0.330 e. The second kappa shape index (κ2) is 4.62. The molecule has 0 aliphatic carbocycles. The first-order valence-electron chi connectivity index (χ1n) is 5.54. The first-order chi connectivity index (χ1) is 6.86. The Kier molecular flexibility index (Phi) is 3.90. The summed E-state index contributed by atoms with van der Waals surface area (Å²) in [5.74, 6) is 0.545. The third kappa shape index (κ3) is 3.02. The number of nitrogens with zero attached hydrogens (tertiary/aromatic N) is 1. The van der Waals surface area contributed by atoms with Gasteiger partial charge in [-0.05, 0) is 25.8 Å². The minimum atomic E-state index is 0.163. The maximum atomic E-state index is 5.59. The van der Waals surface area contributed by atoms with Crippen LogP contribution in [-0.2, 0) is 5.41 Å². The van der Waals surface area contributed by atoms with Gasteiger partial charge in [0.1, 0.15) is 0 Å². The van der Waals surface area contributed by atoms with E-state index in [1.807, 2.05) is 11.3 Å². The van der Waals surface area contributed by atoms with Crippen LogP contribution in [0.3, 0.4) is 0 Å². The Hall–Kier alpha value is -0.410. The molecule has 3 heteroatoms. The number of nitrogens with two attached hydrogens (primary N) is 1. The van der Waals surface area contributed by atoms with Gasteiger partial charge in [-0.25, -0.2) is 4.98 Å². The zero-order valence-electron chi connectivity index (χ0n) is 10.4. The summed E-state index contributed by atoms with van der Waals surface area (Å²) in [6.45, 7) is 11.7. The van der Waals surface area contributed by atoms with Crippen LogP contribution in [0.5, 0.6) is 0 Å². The van der Waals surface area contributed by atoms with Crippen molar-refractivity contribution in [3.05, 3.63) is 15.6 Å². The van der Waals surface area contributed by atoms with Gasteiger partial charge in [-0.1, -0.05) is 27.7 Å². The fourth-order valence-corrected chi connectivity index (χ4v) is 2.78. The molecule has 0 aliphatic rings. The summed E-state index contributed by atoms with van der Waals surface area (Å²) >= 11 is 1.85. The molecule has 1 aromatic rings. The van der Waals surface area contributed by atoms with Gasteiger partial charge in [0.2, 0.25) is 0 Å². The van der Waals surface area contributed by atoms with Gasteiger partial charge in [0.05, 0.1) is 10.7 Å². The van der Waals surface area contributed by atoms with Gasteiger partial charge in [-0.3, -0.25) is 0 Å². The second-order valence-corrected chi connectivity index (χ2v) is 6.23. The SMILES string of the molecule is Cc1nc(C(C)(C)C)sc1C(C)CCN. The molecule has 0 radical (unpaired) electrons. The smallest absolute Gasteiger partial charge is 0.0984 e. The Morgan fingerprint density at radius 1 is 1.40 bits per heavy atom. The van der Waals surface area contributed by atoms with Crippen LogP contribution in [0.1, 0.15) is 55.6 Å². The Labute approximate surface area is 96.9 Å². The molecular formula is C12H22N2S. The molecule has 0 aliphatic heterocycles. The van der Waals surface area contributed by atoms with Crippen molar-refractivity contribution in [2.24, 2.45) is 5.73 Å². The van der Waals surface area contributed by atoms with Crippen LogP contribution in [-0.4, -0.2) is 11.5 Å². The summed E-state index contributed by atoms with van der Waals surface area (Å²) in [6, 6.07) is 0. The number of aromatic nitrogens is 1. The number of hydrogen-bond acceptors (Lipinski definition) is 3. The molecule has 0 saturated heterocycles. The van der Waals surface area contributed by atoms with E-state index in [9.17, 15) is 0 Å². The average Bonchev–Trinajstić information content (AvgIpc) is 2.47. The van der Waals surface area contributed by atoms with Crippen LogP contribution < -0.4 is 5.73 Å². The van der Waals surface area contributed by atoms with E-state index >= 15 is 0 Å². The Balaban J connectivity index is 2.96. The third-order valence-electron chi connectivity index (χ3n) is 2.52. The predicted octanol–water partition coefficient (Wildman–Crippen LogP) is 3.20. The fourth-order valence-electron chi connectivity index (χ4n) is 1.57. The molecule has 86 valence electrons. The first kappa shape index (κ1) is 12.7. The lowest BCUT2D eigenvalue weighted by Gasteiger charge is -2.13. The summed E-state index contributed by atoms with van der Waals surface area (Å²) < 4.78 is 0. The molecular weight excluding hydrogens is 204 g/mol. The highest BCUT2D eigenvalue weighted by Gasteiger charge is 2.21. The normalized spacial score (nSPS) is 14.3. The zero-order valence-corrected chi connectivity index (χ0v) is 11.2. The lowest BCUT2D eigenvalue weighted by atomic mass is 9.98. The van der Waals surface area contributed by atoms with E-state index in [0.29, 0.717) is 5.92 Å². The van der Waals surface area contributed by atoms with E-state index in [2.05, 4.69) is 39.6 Å². The van der Waals surface area contributed by atoms with Crippen molar-refractivity contribution in [1.82, 2.24) is 4.98 Å². The van der Waals surface area contributed by atoms with E-state index < -0.39 is 0 Å². The number of hydrogen-bond donors (Lipinski definition) is 1. The van der Waals surface area contributed by atoms with Crippen LogP contribution in [0.15, 0.2) is 0 Å². The van der Waals surface area contributed by atoms with Crippen molar-refractivity contribution in [3.8, 4) is 0 Å². The first-order valence-corrected chi connectivity index (χ1v) is 6.35. The van der Waals surface area contributed by atoms with Gasteiger partial charge in [-0.2, -0.15) is 0 Å². The van der Waals surface area contributed by atoms with Crippen molar-refractivity contribution in [2.75, 3.05) is 6.54 Å².